The highest BCUT2D eigenvalue weighted by atomic mass is 19.1. The van der Waals surface area contributed by atoms with Crippen LogP contribution in [0.1, 0.15) is 21.7 Å². The highest BCUT2D eigenvalue weighted by Crippen LogP contribution is 2.18. The first kappa shape index (κ1) is 15.7. The molecule has 0 saturated heterocycles. The van der Waals surface area contributed by atoms with Gasteiger partial charge in [0.05, 0.1) is 5.69 Å². The molecule has 0 radical (unpaired) electrons. The van der Waals surface area contributed by atoms with E-state index in [0.29, 0.717) is 6.54 Å². The van der Waals surface area contributed by atoms with E-state index in [1.54, 1.807) is 6.20 Å². The lowest BCUT2D eigenvalue weighted by Gasteiger charge is -2.13. The van der Waals surface area contributed by atoms with Crippen molar-refractivity contribution < 1.29 is 14.3 Å². The van der Waals surface area contributed by atoms with Gasteiger partial charge >= 0.3 is 0 Å². The molecule has 0 aliphatic carbocycles. The number of benzene rings is 2. The third kappa shape index (κ3) is 3.12. The number of hydrogen-bond acceptors (Lipinski definition) is 3. The third-order valence-corrected chi connectivity index (χ3v) is 3.72. The predicted molar refractivity (Wildman–Crippen MR) is 87.5 cm³/mol. The molecule has 1 heterocycles. The van der Waals surface area contributed by atoms with Gasteiger partial charge in [0.2, 0.25) is 0 Å². The van der Waals surface area contributed by atoms with Crippen LogP contribution in [-0.2, 0) is 6.54 Å². The lowest BCUT2D eigenvalue weighted by atomic mass is 10.1. The molecule has 0 aliphatic rings. The summed E-state index contributed by atoms with van der Waals surface area (Å²) >= 11 is 0. The molecule has 1 aromatic heterocycles. The lowest BCUT2D eigenvalue weighted by molar-refractivity contribution is 0.0950. The van der Waals surface area contributed by atoms with Crippen LogP contribution in [-0.4, -0.2) is 20.6 Å². The van der Waals surface area contributed by atoms with Gasteiger partial charge in [-0.3, -0.25) is 4.79 Å². The summed E-state index contributed by atoms with van der Waals surface area (Å²) in [5.41, 5.74) is 2.04. The zero-order valence-electron chi connectivity index (χ0n) is 13.0. The number of amides is 1. The van der Waals surface area contributed by atoms with Crippen LogP contribution in [0.15, 0.2) is 54.9 Å². The Labute approximate surface area is 138 Å². The Balaban J connectivity index is 1.79. The Kier molecular flexibility index (Phi) is 4.29. The number of para-hydroxylation sites is 1. The zero-order chi connectivity index (χ0) is 17.1. The third-order valence-electron chi connectivity index (χ3n) is 3.72. The Morgan fingerprint density at radius 1 is 1.29 bits per heavy atom. The van der Waals surface area contributed by atoms with E-state index < -0.39 is 11.6 Å². The molecule has 0 atom stereocenters. The number of halogens is 1. The molecule has 3 rings (SSSR count). The number of nitrogens with one attached hydrogen (secondary N) is 1. The number of imidazole rings is 1. The van der Waals surface area contributed by atoms with Crippen LogP contribution in [0.4, 0.5) is 4.39 Å². The summed E-state index contributed by atoms with van der Waals surface area (Å²) in [4.78, 5) is 16.4. The van der Waals surface area contributed by atoms with Crippen molar-refractivity contribution in [2.24, 2.45) is 0 Å². The number of nitrogens with zero attached hydrogens (tertiary/aromatic N) is 2. The van der Waals surface area contributed by atoms with Crippen LogP contribution in [0.3, 0.4) is 0 Å². The zero-order valence-corrected chi connectivity index (χ0v) is 13.0. The Morgan fingerprint density at radius 3 is 2.79 bits per heavy atom. The van der Waals surface area contributed by atoms with E-state index in [-0.39, 0.29) is 11.5 Å². The first-order valence-electron chi connectivity index (χ1n) is 7.41. The van der Waals surface area contributed by atoms with E-state index >= 15 is 0 Å². The second kappa shape index (κ2) is 6.54. The number of carbonyl (C=O) groups is 1. The quantitative estimate of drug-likeness (QED) is 0.775. The van der Waals surface area contributed by atoms with Crippen molar-refractivity contribution in [3.05, 3.63) is 77.6 Å². The van der Waals surface area contributed by atoms with Crippen molar-refractivity contribution >= 4 is 5.91 Å². The number of phenols is 1. The van der Waals surface area contributed by atoms with Gasteiger partial charge in [0.1, 0.15) is 5.82 Å². The molecule has 3 aromatic rings. The van der Waals surface area contributed by atoms with Crippen molar-refractivity contribution in [2.75, 3.05) is 0 Å². The van der Waals surface area contributed by atoms with Gasteiger partial charge in [-0.05, 0) is 36.8 Å². The minimum Gasteiger partial charge on any atom is -0.505 e. The Bertz CT molecular complexity index is 889. The summed E-state index contributed by atoms with van der Waals surface area (Å²) in [6, 6.07) is 11.2. The lowest BCUT2D eigenvalue weighted by Crippen LogP contribution is -2.23. The Morgan fingerprint density at radius 2 is 2.08 bits per heavy atom. The highest BCUT2D eigenvalue weighted by Gasteiger charge is 2.11. The van der Waals surface area contributed by atoms with Gasteiger partial charge in [0.15, 0.2) is 11.6 Å². The van der Waals surface area contributed by atoms with Crippen molar-refractivity contribution in [2.45, 2.75) is 13.5 Å². The largest absolute Gasteiger partial charge is 0.505 e. The summed E-state index contributed by atoms with van der Waals surface area (Å²) in [6.45, 7) is 2.20. The molecule has 0 fully saturated rings. The molecule has 0 aliphatic heterocycles. The van der Waals surface area contributed by atoms with E-state index in [1.807, 2.05) is 42.0 Å². The second-order valence-electron chi connectivity index (χ2n) is 5.32. The van der Waals surface area contributed by atoms with Gasteiger partial charge in [0, 0.05) is 24.5 Å². The van der Waals surface area contributed by atoms with E-state index in [4.69, 9.17) is 0 Å². The van der Waals surface area contributed by atoms with Crippen LogP contribution < -0.4 is 5.32 Å². The monoisotopic (exact) mass is 325 g/mol. The number of hydrogen-bond donors (Lipinski definition) is 2. The normalized spacial score (nSPS) is 10.6. The fourth-order valence-corrected chi connectivity index (χ4v) is 2.46. The maximum absolute atomic E-state index is 13.1. The van der Waals surface area contributed by atoms with Crippen molar-refractivity contribution in [1.82, 2.24) is 14.9 Å². The minimum absolute atomic E-state index is 0.199. The smallest absolute Gasteiger partial charge is 0.251 e. The molecular weight excluding hydrogens is 309 g/mol. The molecule has 0 bridgehead atoms. The van der Waals surface area contributed by atoms with Crippen molar-refractivity contribution in [1.29, 1.82) is 0 Å². The van der Waals surface area contributed by atoms with E-state index in [9.17, 15) is 14.3 Å². The molecule has 1 amide bonds. The maximum atomic E-state index is 13.1. The van der Waals surface area contributed by atoms with E-state index in [1.165, 1.54) is 6.07 Å². The molecule has 122 valence electrons. The number of rotatable bonds is 4. The number of aromatic nitrogens is 2. The van der Waals surface area contributed by atoms with Crippen LogP contribution in [0.25, 0.3) is 5.69 Å². The topological polar surface area (TPSA) is 67.2 Å². The number of phenolic OH excluding ortho intramolecular Hbond substituents is 1. The van der Waals surface area contributed by atoms with Gasteiger partial charge in [0.25, 0.3) is 5.91 Å². The van der Waals surface area contributed by atoms with Crippen LogP contribution in [0, 0.1) is 12.7 Å². The van der Waals surface area contributed by atoms with Gasteiger partial charge in [-0.2, -0.15) is 0 Å². The molecule has 2 aromatic carbocycles. The standard InChI is InChI=1S/C18H16FN3O2/c1-12-20-8-9-22(12)16-5-3-2-4-14(16)11-21-18(24)13-6-7-15(19)17(23)10-13/h2-10,23H,11H2,1H3,(H,21,24). The van der Waals surface area contributed by atoms with Gasteiger partial charge in [-0.15, -0.1) is 0 Å². The summed E-state index contributed by atoms with van der Waals surface area (Å²) in [6.07, 6.45) is 3.57. The molecule has 0 saturated carbocycles. The van der Waals surface area contributed by atoms with Crippen molar-refractivity contribution in [3.8, 4) is 11.4 Å². The molecule has 24 heavy (non-hydrogen) atoms. The molecular formula is C18H16FN3O2. The fourth-order valence-electron chi connectivity index (χ4n) is 2.46. The van der Waals surface area contributed by atoms with Crippen molar-refractivity contribution in [3.63, 3.8) is 0 Å². The summed E-state index contributed by atoms with van der Waals surface area (Å²) in [7, 11) is 0. The van der Waals surface area contributed by atoms with Crippen LogP contribution in [0.2, 0.25) is 0 Å². The summed E-state index contributed by atoms with van der Waals surface area (Å²) < 4.78 is 15.0. The summed E-state index contributed by atoms with van der Waals surface area (Å²) in [5, 5.41) is 12.1. The SMILES string of the molecule is Cc1nccn1-c1ccccc1CNC(=O)c1ccc(F)c(O)c1. The number of aromatic hydroxyl groups is 1. The Hall–Kier alpha value is -3.15. The first-order valence-corrected chi connectivity index (χ1v) is 7.41. The van der Waals surface area contributed by atoms with Gasteiger partial charge in [-0.1, -0.05) is 18.2 Å². The predicted octanol–water partition coefficient (Wildman–Crippen LogP) is 2.96. The number of aryl methyl sites for hydroxylation is 1. The molecule has 5 nitrogen and oxygen atoms in total. The fraction of sp³-hybridized carbons (Fsp3) is 0.111. The summed E-state index contributed by atoms with van der Waals surface area (Å²) in [5.74, 6) is -0.843. The average Bonchev–Trinajstić information content (AvgIpc) is 3.01. The average molecular weight is 325 g/mol. The molecule has 0 unspecified atom stereocenters. The van der Waals surface area contributed by atoms with E-state index in [2.05, 4.69) is 10.3 Å². The van der Waals surface area contributed by atoms with Gasteiger partial charge in [-0.25, -0.2) is 9.37 Å². The molecule has 2 N–H and O–H groups in total. The molecule has 6 heteroatoms. The van der Waals surface area contributed by atoms with Crippen LogP contribution >= 0.6 is 0 Å². The minimum atomic E-state index is -0.757. The second-order valence-corrected chi connectivity index (χ2v) is 5.32. The maximum Gasteiger partial charge on any atom is 0.251 e. The molecule has 0 spiro atoms. The number of carbonyl (C=O) groups excluding carboxylic acids is 1. The van der Waals surface area contributed by atoms with Crippen LogP contribution in [0.5, 0.6) is 5.75 Å². The van der Waals surface area contributed by atoms with Gasteiger partial charge < -0.3 is 15.0 Å². The first-order chi connectivity index (χ1) is 11.6. The van der Waals surface area contributed by atoms with E-state index in [0.717, 1.165) is 29.2 Å². The highest BCUT2D eigenvalue weighted by molar-refractivity contribution is 5.94.